The first-order valence-electron chi connectivity index (χ1n) is 6.46. The molecule has 0 bridgehead atoms. The Morgan fingerprint density at radius 2 is 1.72 bits per heavy atom. The highest BCUT2D eigenvalue weighted by Gasteiger charge is 2.21. The van der Waals surface area contributed by atoms with Crippen LogP contribution >= 0.6 is 0 Å². The van der Waals surface area contributed by atoms with Gasteiger partial charge in [0, 0.05) is 22.1 Å². The van der Waals surface area contributed by atoms with E-state index in [1.54, 1.807) is 6.92 Å². The van der Waals surface area contributed by atoms with Gasteiger partial charge >= 0.3 is 0 Å². The standard InChI is InChI=1S/C15H22O2S/c1-5-13-6-8-14(9-7-13)15(16)12(4)18(17)10-11(2)3/h6-9,11-12H,5,10H2,1-4H3. The molecule has 0 fully saturated rings. The van der Waals surface area contributed by atoms with E-state index < -0.39 is 16.0 Å². The first-order chi connectivity index (χ1) is 8.45. The highest BCUT2D eigenvalue weighted by atomic mass is 32.2. The van der Waals surface area contributed by atoms with Crippen molar-refractivity contribution in [2.75, 3.05) is 5.75 Å². The number of carbonyl (C=O) groups excluding carboxylic acids is 1. The Bertz CT molecular complexity index is 421. The largest absolute Gasteiger partial charge is 0.293 e. The maximum absolute atomic E-state index is 12.2. The maximum atomic E-state index is 12.2. The predicted octanol–water partition coefficient (Wildman–Crippen LogP) is 3.22. The average molecular weight is 266 g/mol. The van der Waals surface area contributed by atoms with E-state index in [0.717, 1.165) is 6.42 Å². The molecule has 2 atom stereocenters. The van der Waals surface area contributed by atoms with Crippen molar-refractivity contribution in [1.82, 2.24) is 0 Å². The third kappa shape index (κ3) is 4.05. The van der Waals surface area contributed by atoms with E-state index in [1.165, 1.54) is 5.56 Å². The molecule has 0 radical (unpaired) electrons. The maximum Gasteiger partial charge on any atom is 0.178 e. The van der Waals surface area contributed by atoms with E-state index in [-0.39, 0.29) is 5.78 Å². The fraction of sp³-hybridized carbons (Fsp3) is 0.533. The van der Waals surface area contributed by atoms with E-state index in [9.17, 15) is 9.00 Å². The van der Waals surface area contributed by atoms with Crippen molar-refractivity contribution in [3.05, 3.63) is 35.4 Å². The lowest BCUT2D eigenvalue weighted by Crippen LogP contribution is -2.26. The number of ketones is 1. The molecule has 0 spiro atoms. The number of aryl methyl sites for hydroxylation is 1. The van der Waals surface area contributed by atoms with Gasteiger partial charge in [0.2, 0.25) is 0 Å². The molecule has 0 saturated heterocycles. The van der Waals surface area contributed by atoms with Gasteiger partial charge in [0.1, 0.15) is 0 Å². The molecule has 0 N–H and O–H groups in total. The molecule has 0 aliphatic rings. The van der Waals surface area contributed by atoms with Gasteiger partial charge in [-0.25, -0.2) is 0 Å². The van der Waals surface area contributed by atoms with Gasteiger partial charge in [-0.2, -0.15) is 0 Å². The van der Waals surface area contributed by atoms with Gasteiger partial charge in [-0.3, -0.25) is 9.00 Å². The first-order valence-corrected chi connectivity index (χ1v) is 7.84. The third-order valence-corrected chi connectivity index (χ3v) is 4.91. The zero-order chi connectivity index (χ0) is 13.7. The van der Waals surface area contributed by atoms with Crippen LogP contribution in [0.3, 0.4) is 0 Å². The van der Waals surface area contributed by atoms with Gasteiger partial charge in [0.15, 0.2) is 5.78 Å². The van der Waals surface area contributed by atoms with Crippen LogP contribution in [0.5, 0.6) is 0 Å². The Morgan fingerprint density at radius 1 is 1.17 bits per heavy atom. The Balaban J connectivity index is 2.76. The van der Waals surface area contributed by atoms with Gasteiger partial charge in [-0.15, -0.1) is 0 Å². The number of rotatable bonds is 6. The lowest BCUT2D eigenvalue weighted by atomic mass is 10.1. The summed E-state index contributed by atoms with van der Waals surface area (Å²) in [5.74, 6) is 0.917. The minimum atomic E-state index is -1.08. The van der Waals surface area contributed by atoms with Crippen LogP contribution in [0.1, 0.15) is 43.6 Å². The van der Waals surface area contributed by atoms with Crippen molar-refractivity contribution in [1.29, 1.82) is 0 Å². The van der Waals surface area contributed by atoms with Crippen molar-refractivity contribution in [3.63, 3.8) is 0 Å². The van der Waals surface area contributed by atoms with Crippen LogP contribution in [0.2, 0.25) is 0 Å². The smallest absolute Gasteiger partial charge is 0.178 e. The lowest BCUT2D eigenvalue weighted by molar-refractivity contribution is 0.0992. The van der Waals surface area contributed by atoms with Crippen LogP contribution in [-0.4, -0.2) is 21.0 Å². The van der Waals surface area contributed by atoms with Crippen molar-refractivity contribution >= 4 is 16.6 Å². The van der Waals surface area contributed by atoms with Gasteiger partial charge in [0.25, 0.3) is 0 Å². The van der Waals surface area contributed by atoms with Gasteiger partial charge in [0.05, 0.1) is 5.25 Å². The lowest BCUT2D eigenvalue weighted by Gasteiger charge is -2.12. The number of Topliss-reactive ketones (excluding diaryl/α,β-unsaturated/α-hetero) is 1. The Hall–Kier alpha value is -0.960. The Kier molecular flexibility index (Phi) is 5.73. The number of hydrogen-bond donors (Lipinski definition) is 0. The SMILES string of the molecule is CCc1ccc(C(=O)C(C)S(=O)CC(C)C)cc1. The molecule has 0 aromatic heterocycles. The monoisotopic (exact) mass is 266 g/mol. The molecule has 0 saturated carbocycles. The second-order valence-electron chi connectivity index (χ2n) is 5.00. The molecule has 1 aromatic rings. The summed E-state index contributed by atoms with van der Waals surface area (Å²) in [5, 5.41) is -0.417. The third-order valence-electron chi connectivity index (χ3n) is 2.91. The first kappa shape index (κ1) is 15.1. The molecule has 18 heavy (non-hydrogen) atoms. The minimum absolute atomic E-state index is 0.0170. The van der Waals surface area contributed by atoms with Crippen LogP contribution in [0.15, 0.2) is 24.3 Å². The molecular formula is C15H22O2S. The van der Waals surface area contributed by atoms with Crippen molar-refractivity contribution in [2.45, 2.75) is 39.4 Å². The van der Waals surface area contributed by atoms with Crippen LogP contribution in [0, 0.1) is 5.92 Å². The Morgan fingerprint density at radius 3 is 2.17 bits per heavy atom. The molecule has 2 unspecified atom stereocenters. The van der Waals surface area contributed by atoms with Crippen LogP contribution < -0.4 is 0 Å². The molecule has 1 rings (SSSR count). The summed E-state index contributed by atoms with van der Waals surface area (Å²) in [6, 6.07) is 7.60. The number of carbonyl (C=O) groups is 1. The average Bonchev–Trinajstić information content (AvgIpc) is 2.36. The number of benzene rings is 1. The summed E-state index contributed by atoms with van der Waals surface area (Å²) >= 11 is 0. The summed E-state index contributed by atoms with van der Waals surface area (Å²) in [7, 11) is -1.08. The summed E-state index contributed by atoms with van der Waals surface area (Å²) in [6.45, 7) is 7.88. The molecule has 100 valence electrons. The van der Waals surface area contributed by atoms with E-state index in [4.69, 9.17) is 0 Å². The predicted molar refractivity (Wildman–Crippen MR) is 77.5 cm³/mol. The molecule has 0 aliphatic heterocycles. The number of hydrogen-bond acceptors (Lipinski definition) is 2. The second-order valence-corrected chi connectivity index (χ2v) is 6.80. The topological polar surface area (TPSA) is 34.1 Å². The van der Waals surface area contributed by atoms with Gasteiger partial charge in [-0.1, -0.05) is 45.0 Å². The zero-order valence-corrected chi connectivity index (χ0v) is 12.4. The van der Waals surface area contributed by atoms with Crippen LogP contribution in [0.4, 0.5) is 0 Å². The van der Waals surface area contributed by atoms with E-state index in [0.29, 0.717) is 17.2 Å². The van der Waals surface area contributed by atoms with E-state index in [2.05, 4.69) is 6.92 Å². The fourth-order valence-electron chi connectivity index (χ4n) is 1.73. The van der Waals surface area contributed by atoms with Crippen LogP contribution in [0.25, 0.3) is 0 Å². The van der Waals surface area contributed by atoms with Crippen LogP contribution in [-0.2, 0) is 17.2 Å². The van der Waals surface area contributed by atoms with Crippen molar-refractivity contribution in [2.24, 2.45) is 5.92 Å². The minimum Gasteiger partial charge on any atom is -0.293 e. The highest BCUT2D eigenvalue weighted by Crippen LogP contribution is 2.12. The molecule has 2 nitrogen and oxygen atoms in total. The summed E-state index contributed by atoms with van der Waals surface area (Å²) in [5.41, 5.74) is 1.87. The Labute approximate surface area is 112 Å². The molecule has 0 heterocycles. The quantitative estimate of drug-likeness (QED) is 0.741. The van der Waals surface area contributed by atoms with E-state index in [1.807, 2.05) is 38.1 Å². The van der Waals surface area contributed by atoms with Gasteiger partial charge < -0.3 is 0 Å². The van der Waals surface area contributed by atoms with Crippen molar-refractivity contribution < 1.29 is 9.00 Å². The molecule has 0 amide bonds. The summed E-state index contributed by atoms with van der Waals surface area (Å²) in [6.07, 6.45) is 0.962. The van der Waals surface area contributed by atoms with E-state index >= 15 is 0 Å². The fourth-order valence-corrected chi connectivity index (χ4v) is 3.05. The summed E-state index contributed by atoms with van der Waals surface area (Å²) < 4.78 is 12.0. The molecule has 3 heteroatoms. The highest BCUT2D eigenvalue weighted by molar-refractivity contribution is 7.86. The molecule has 1 aromatic carbocycles. The molecular weight excluding hydrogens is 244 g/mol. The second kappa shape index (κ2) is 6.83. The van der Waals surface area contributed by atoms with Crippen molar-refractivity contribution in [3.8, 4) is 0 Å². The van der Waals surface area contributed by atoms with Gasteiger partial charge in [-0.05, 0) is 24.8 Å². The zero-order valence-electron chi connectivity index (χ0n) is 11.6. The molecule has 0 aliphatic carbocycles. The normalized spacial score (nSPS) is 14.5. The summed E-state index contributed by atoms with van der Waals surface area (Å²) in [4.78, 5) is 12.2.